The van der Waals surface area contributed by atoms with Gasteiger partial charge in [-0.05, 0) is 32.9 Å². The Morgan fingerprint density at radius 1 is 1.35 bits per heavy atom. The molecule has 4 heteroatoms. The van der Waals surface area contributed by atoms with Crippen LogP contribution in [-0.4, -0.2) is 16.4 Å². The van der Waals surface area contributed by atoms with Gasteiger partial charge < -0.3 is 10.3 Å². The van der Waals surface area contributed by atoms with E-state index in [1.807, 2.05) is 39.0 Å². The van der Waals surface area contributed by atoms with Crippen LogP contribution in [0.15, 0.2) is 24.3 Å². The van der Waals surface area contributed by atoms with E-state index in [0.717, 1.165) is 10.9 Å². The second-order valence-electron chi connectivity index (χ2n) is 5.09. The Hall–Kier alpha value is -1.48. The Kier molecular flexibility index (Phi) is 2.87. The van der Waals surface area contributed by atoms with Gasteiger partial charge in [-0.25, -0.2) is 0 Å². The van der Waals surface area contributed by atoms with Crippen LogP contribution in [0.25, 0.3) is 10.9 Å². The molecule has 0 saturated heterocycles. The molecule has 2 rings (SSSR count). The molecule has 0 saturated carbocycles. The third kappa shape index (κ3) is 2.61. The van der Waals surface area contributed by atoms with E-state index < -0.39 is 0 Å². The minimum absolute atomic E-state index is 0.121. The van der Waals surface area contributed by atoms with E-state index in [9.17, 15) is 4.79 Å². The van der Waals surface area contributed by atoms with E-state index in [0.29, 0.717) is 10.7 Å². The van der Waals surface area contributed by atoms with Gasteiger partial charge in [0.05, 0.1) is 10.5 Å². The van der Waals surface area contributed by atoms with Crippen molar-refractivity contribution in [2.45, 2.75) is 26.3 Å². The number of carbonyl (C=O) groups is 1. The van der Waals surface area contributed by atoms with Crippen LogP contribution in [0.3, 0.4) is 0 Å². The van der Waals surface area contributed by atoms with E-state index >= 15 is 0 Å². The number of rotatable bonds is 1. The Labute approximate surface area is 105 Å². The molecule has 0 spiro atoms. The summed E-state index contributed by atoms with van der Waals surface area (Å²) < 4.78 is 0. The number of aromatic amines is 1. The Morgan fingerprint density at radius 3 is 2.65 bits per heavy atom. The molecule has 0 bridgehead atoms. The summed E-state index contributed by atoms with van der Waals surface area (Å²) in [6.07, 6.45) is 0. The molecule has 1 aromatic carbocycles. The number of hydrogen-bond acceptors (Lipinski definition) is 1. The topological polar surface area (TPSA) is 44.9 Å². The predicted molar refractivity (Wildman–Crippen MR) is 70.5 cm³/mol. The van der Waals surface area contributed by atoms with Gasteiger partial charge in [0.25, 0.3) is 5.91 Å². The average Bonchev–Trinajstić information content (AvgIpc) is 2.60. The van der Waals surface area contributed by atoms with Crippen LogP contribution in [0.5, 0.6) is 0 Å². The number of hydrogen-bond donors (Lipinski definition) is 2. The lowest BCUT2D eigenvalue weighted by Gasteiger charge is -2.19. The molecule has 1 amide bonds. The fourth-order valence-electron chi connectivity index (χ4n) is 1.65. The average molecular weight is 251 g/mol. The van der Waals surface area contributed by atoms with Crippen LogP contribution in [0, 0.1) is 0 Å². The van der Waals surface area contributed by atoms with Crippen molar-refractivity contribution in [3.05, 3.63) is 35.0 Å². The van der Waals surface area contributed by atoms with Crippen molar-refractivity contribution < 1.29 is 4.79 Å². The van der Waals surface area contributed by atoms with Gasteiger partial charge in [-0.1, -0.05) is 23.7 Å². The summed E-state index contributed by atoms with van der Waals surface area (Å²) in [6, 6.07) is 7.39. The number of nitrogens with one attached hydrogen (secondary N) is 2. The number of carbonyl (C=O) groups excluding carboxylic acids is 1. The maximum atomic E-state index is 12.0. The number of amides is 1. The zero-order valence-electron chi connectivity index (χ0n) is 10.1. The highest BCUT2D eigenvalue weighted by atomic mass is 35.5. The van der Waals surface area contributed by atoms with Gasteiger partial charge in [-0.3, -0.25) is 4.79 Å². The second-order valence-corrected chi connectivity index (χ2v) is 5.50. The van der Waals surface area contributed by atoms with Crippen molar-refractivity contribution in [3.63, 3.8) is 0 Å². The summed E-state index contributed by atoms with van der Waals surface area (Å²) in [6.45, 7) is 5.83. The highest BCUT2D eigenvalue weighted by Gasteiger charge is 2.17. The molecule has 0 aliphatic carbocycles. The SMILES string of the molecule is CC(C)(C)NC(=O)c1cc2cccc(Cl)c2[nH]1. The van der Waals surface area contributed by atoms with Crippen molar-refractivity contribution in [1.82, 2.24) is 10.3 Å². The van der Waals surface area contributed by atoms with Gasteiger partial charge in [-0.15, -0.1) is 0 Å². The zero-order valence-corrected chi connectivity index (χ0v) is 10.9. The third-order valence-corrected chi connectivity index (χ3v) is 2.65. The molecule has 1 heterocycles. The highest BCUT2D eigenvalue weighted by molar-refractivity contribution is 6.35. The summed E-state index contributed by atoms with van der Waals surface area (Å²) in [5.41, 5.74) is 1.08. The number of aromatic nitrogens is 1. The largest absolute Gasteiger partial charge is 0.349 e. The molecule has 0 unspecified atom stereocenters. The van der Waals surface area contributed by atoms with E-state index in [4.69, 9.17) is 11.6 Å². The number of fused-ring (bicyclic) bond motifs is 1. The van der Waals surface area contributed by atoms with Crippen LogP contribution in [0.1, 0.15) is 31.3 Å². The quantitative estimate of drug-likeness (QED) is 0.801. The van der Waals surface area contributed by atoms with Crippen molar-refractivity contribution in [3.8, 4) is 0 Å². The maximum Gasteiger partial charge on any atom is 0.268 e. The van der Waals surface area contributed by atoms with Crippen LogP contribution < -0.4 is 5.32 Å². The monoisotopic (exact) mass is 250 g/mol. The van der Waals surface area contributed by atoms with E-state index in [1.165, 1.54) is 0 Å². The first-order chi connectivity index (χ1) is 7.87. The second kappa shape index (κ2) is 4.08. The minimum atomic E-state index is -0.252. The lowest BCUT2D eigenvalue weighted by atomic mass is 10.1. The third-order valence-electron chi connectivity index (χ3n) is 2.34. The molecule has 17 heavy (non-hydrogen) atoms. The van der Waals surface area contributed by atoms with E-state index in [2.05, 4.69) is 10.3 Å². The van der Waals surface area contributed by atoms with Crippen molar-refractivity contribution >= 4 is 28.4 Å². The number of H-pyrrole nitrogens is 1. The van der Waals surface area contributed by atoms with Gasteiger partial charge in [-0.2, -0.15) is 0 Å². The number of halogens is 1. The van der Waals surface area contributed by atoms with Crippen molar-refractivity contribution in [1.29, 1.82) is 0 Å². The number of para-hydroxylation sites is 1. The Morgan fingerprint density at radius 2 is 2.06 bits per heavy atom. The first-order valence-corrected chi connectivity index (χ1v) is 5.84. The lowest BCUT2D eigenvalue weighted by molar-refractivity contribution is 0.0915. The Bertz CT molecular complexity index is 566. The first-order valence-electron chi connectivity index (χ1n) is 5.46. The molecule has 0 atom stereocenters. The molecule has 1 aromatic heterocycles. The van der Waals surface area contributed by atoms with Crippen molar-refractivity contribution in [2.24, 2.45) is 0 Å². The molecule has 90 valence electrons. The maximum absolute atomic E-state index is 12.0. The summed E-state index contributed by atoms with van der Waals surface area (Å²) >= 11 is 6.05. The van der Waals surface area contributed by atoms with Crippen LogP contribution >= 0.6 is 11.6 Å². The molecular formula is C13H15ClN2O. The van der Waals surface area contributed by atoms with E-state index in [-0.39, 0.29) is 11.4 Å². The van der Waals surface area contributed by atoms with Gasteiger partial charge >= 0.3 is 0 Å². The molecule has 3 nitrogen and oxygen atoms in total. The number of benzene rings is 1. The summed E-state index contributed by atoms with van der Waals surface area (Å²) in [4.78, 5) is 15.0. The van der Waals surface area contributed by atoms with Crippen LogP contribution in [0.2, 0.25) is 5.02 Å². The molecule has 0 radical (unpaired) electrons. The van der Waals surface area contributed by atoms with E-state index in [1.54, 1.807) is 6.07 Å². The normalized spacial score (nSPS) is 11.8. The van der Waals surface area contributed by atoms with Gasteiger partial charge in [0, 0.05) is 10.9 Å². The first kappa shape index (κ1) is 12.0. The van der Waals surface area contributed by atoms with Gasteiger partial charge in [0.2, 0.25) is 0 Å². The molecule has 0 fully saturated rings. The summed E-state index contributed by atoms with van der Waals surface area (Å²) in [5.74, 6) is -0.121. The Balaban J connectivity index is 2.37. The fourth-order valence-corrected chi connectivity index (χ4v) is 1.88. The minimum Gasteiger partial charge on any atom is -0.349 e. The smallest absolute Gasteiger partial charge is 0.268 e. The van der Waals surface area contributed by atoms with Crippen LogP contribution in [-0.2, 0) is 0 Å². The lowest BCUT2D eigenvalue weighted by Crippen LogP contribution is -2.40. The van der Waals surface area contributed by atoms with Crippen LogP contribution in [0.4, 0.5) is 0 Å². The standard InChI is InChI=1S/C13H15ClN2O/c1-13(2,3)16-12(17)10-7-8-5-4-6-9(14)11(8)15-10/h4-7,15H,1-3H3,(H,16,17). The summed E-state index contributed by atoms with van der Waals surface area (Å²) in [7, 11) is 0. The molecule has 0 aliphatic heterocycles. The molecular weight excluding hydrogens is 236 g/mol. The van der Waals surface area contributed by atoms with Gasteiger partial charge in [0.1, 0.15) is 5.69 Å². The van der Waals surface area contributed by atoms with Gasteiger partial charge in [0.15, 0.2) is 0 Å². The van der Waals surface area contributed by atoms with Crippen molar-refractivity contribution in [2.75, 3.05) is 0 Å². The zero-order chi connectivity index (χ0) is 12.6. The molecule has 2 aromatic rings. The highest BCUT2D eigenvalue weighted by Crippen LogP contribution is 2.23. The molecule has 0 aliphatic rings. The molecule has 2 N–H and O–H groups in total. The predicted octanol–water partition coefficient (Wildman–Crippen LogP) is 3.35. The summed E-state index contributed by atoms with van der Waals surface area (Å²) in [5, 5.41) is 4.47. The fraction of sp³-hybridized carbons (Fsp3) is 0.308.